The third-order valence-corrected chi connectivity index (χ3v) is 4.25. The molecule has 0 atom stereocenters. The molecule has 0 radical (unpaired) electrons. The van der Waals surface area contributed by atoms with Gasteiger partial charge in [-0.15, -0.1) is 0 Å². The maximum Gasteiger partial charge on any atom is 0.166 e. The van der Waals surface area contributed by atoms with E-state index in [4.69, 9.17) is 35.4 Å². The van der Waals surface area contributed by atoms with Gasteiger partial charge in [0.15, 0.2) is 5.11 Å². The number of thiocarbonyl (C=S) groups is 1. The Bertz CT molecular complexity index is 617. The lowest BCUT2D eigenvalue weighted by atomic mass is 10.1. The van der Waals surface area contributed by atoms with Crippen LogP contribution in [0.15, 0.2) is 48.5 Å². The summed E-state index contributed by atoms with van der Waals surface area (Å²) in [5, 5.41) is 8.25. The fourth-order valence-electron chi connectivity index (χ4n) is 2.04. The molecule has 0 unspecified atom stereocenters. The third kappa shape index (κ3) is 5.84. The molecule has 2 nitrogen and oxygen atoms in total. The van der Waals surface area contributed by atoms with Crippen molar-refractivity contribution in [3.05, 3.63) is 69.7 Å². The van der Waals surface area contributed by atoms with Gasteiger partial charge in [0.2, 0.25) is 0 Å². The first-order valence-electron chi connectivity index (χ1n) is 7.15. The molecule has 0 aliphatic heterocycles. The molecule has 116 valence electrons. The van der Waals surface area contributed by atoms with Crippen LogP contribution in [0.2, 0.25) is 10.0 Å². The summed E-state index contributed by atoms with van der Waals surface area (Å²) in [6.45, 7) is 1.58. The van der Waals surface area contributed by atoms with Gasteiger partial charge in [0, 0.05) is 13.1 Å². The molecule has 0 aliphatic rings. The molecule has 0 saturated heterocycles. The summed E-state index contributed by atoms with van der Waals surface area (Å²) < 4.78 is 0. The van der Waals surface area contributed by atoms with E-state index in [1.807, 2.05) is 36.4 Å². The van der Waals surface area contributed by atoms with Gasteiger partial charge in [-0.25, -0.2) is 0 Å². The van der Waals surface area contributed by atoms with Gasteiger partial charge in [-0.1, -0.05) is 59.6 Å². The van der Waals surface area contributed by atoms with Gasteiger partial charge < -0.3 is 10.6 Å². The van der Waals surface area contributed by atoms with Gasteiger partial charge in [0.05, 0.1) is 10.0 Å². The Hall–Kier alpha value is -1.29. The van der Waals surface area contributed by atoms with E-state index < -0.39 is 0 Å². The average molecular weight is 353 g/mol. The Labute approximate surface area is 146 Å². The first-order valence-corrected chi connectivity index (χ1v) is 8.31. The predicted molar refractivity (Wildman–Crippen MR) is 98.9 cm³/mol. The second kappa shape index (κ2) is 8.99. The summed E-state index contributed by atoms with van der Waals surface area (Å²) >= 11 is 17.1. The Balaban J connectivity index is 1.64. The largest absolute Gasteiger partial charge is 0.362 e. The highest BCUT2D eigenvalue weighted by atomic mass is 35.5. The van der Waals surface area contributed by atoms with E-state index in [-0.39, 0.29) is 0 Å². The smallest absolute Gasteiger partial charge is 0.166 e. The van der Waals surface area contributed by atoms with Crippen molar-refractivity contribution < 1.29 is 0 Å². The fraction of sp³-hybridized carbons (Fsp3) is 0.235. The monoisotopic (exact) mass is 352 g/mol. The van der Waals surface area contributed by atoms with Crippen molar-refractivity contribution in [2.24, 2.45) is 0 Å². The molecule has 0 amide bonds. The van der Waals surface area contributed by atoms with Gasteiger partial charge in [0.25, 0.3) is 0 Å². The van der Waals surface area contributed by atoms with Crippen molar-refractivity contribution in [1.82, 2.24) is 10.6 Å². The zero-order chi connectivity index (χ0) is 15.8. The van der Waals surface area contributed by atoms with Crippen molar-refractivity contribution >= 4 is 40.5 Å². The molecule has 2 rings (SSSR count). The molecule has 0 spiro atoms. The maximum atomic E-state index is 5.99. The third-order valence-electron chi connectivity index (χ3n) is 3.23. The highest BCUT2D eigenvalue weighted by molar-refractivity contribution is 7.80. The highest BCUT2D eigenvalue weighted by Gasteiger charge is 2.00. The molecular weight excluding hydrogens is 335 g/mol. The SMILES string of the molecule is S=C(NCCc1ccccc1)NCCc1ccc(Cl)c(Cl)c1. The number of rotatable bonds is 6. The molecule has 0 aliphatic carbocycles. The summed E-state index contributed by atoms with van der Waals surface area (Å²) in [6, 6.07) is 16.0. The molecule has 2 N–H and O–H groups in total. The zero-order valence-electron chi connectivity index (χ0n) is 12.1. The van der Waals surface area contributed by atoms with Crippen LogP contribution >= 0.6 is 35.4 Å². The Morgan fingerprint density at radius 2 is 1.45 bits per heavy atom. The molecule has 0 heterocycles. The molecule has 0 aromatic heterocycles. The van der Waals surface area contributed by atoms with E-state index in [1.165, 1.54) is 5.56 Å². The van der Waals surface area contributed by atoms with Gasteiger partial charge in [-0.2, -0.15) is 0 Å². The van der Waals surface area contributed by atoms with E-state index in [0.717, 1.165) is 31.5 Å². The minimum Gasteiger partial charge on any atom is -0.362 e. The van der Waals surface area contributed by atoms with E-state index in [2.05, 4.69) is 22.8 Å². The molecule has 0 bridgehead atoms. The molecule has 0 fully saturated rings. The number of hydrogen-bond acceptors (Lipinski definition) is 1. The van der Waals surface area contributed by atoms with Gasteiger partial charge in [-0.3, -0.25) is 0 Å². The van der Waals surface area contributed by atoms with Crippen LogP contribution in [-0.4, -0.2) is 18.2 Å². The average Bonchev–Trinajstić information content (AvgIpc) is 2.52. The molecule has 5 heteroatoms. The molecule has 2 aromatic carbocycles. The Kier molecular flexibility index (Phi) is 6.97. The topological polar surface area (TPSA) is 24.1 Å². The number of benzene rings is 2. The molecular formula is C17H18Cl2N2S. The van der Waals surface area contributed by atoms with Crippen LogP contribution in [0.4, 0.5) is 0 Å². The second-order valence-corrected chi connectivity index (χ2v) is 6.14. The van der Waals surface area contributed by atoms with E-state index >= 15 is 0 Å². The van der Waals surface area contributed by atoms with Crippen molar-refractivity contribution in [1.29, 1.82) is 0 Å². The molecule has 2 aromatic rings. The summed E-state index contributed by atoms with van der Waals surface area (Å²) in [5.74, 6) is 0. The van der Waals surface area contributed by atoms with Crippen LogP contribution in [0.3, 0.4) is 0 Å². The van der Waals surface area contributed by atoms with E-state index in [9.17, 15) is 0 Å². The number of hydrogen-bond donors (Lipinski definition) is 2. The van der Waals surface area contributed by atoms with Crippen LogP contribution in [0.25, 0.3) is 0 Å². The minimum atomic E-state index is 0.580. The lowest BCUT2D eigenvalue weighted by molar-refractivity contribution is 0.802. The predicted octanol–water partition coefficient (Wildman–Crippen LogP) is 4.24. The Morgan fingerprint density at radius 3 is 2.09 bits per heavy atom. The van der Waals surface area contributed by atoms with E-state index in [1.54, 1.807) is 0 Å². The lowest BCUT2D eigenvalue weighted by Crippen LogP contribution is -2.37. The van der Waals surface area contributed by atoms with E-state index in [0.29, 0.717) is 15.2 Å². The summed E-state index contributed by atoms with van der Waals surface area (Å²) in [4.78, 5) is 0. The standard InChI is InChI=1S/C17H18Cl2N2S/c18-15-7-6-14(12-16(15)19)9-11-21-17(22)20-10-8-13-4-2-1-3-5-13/h1-7,12H,8-11H2,(H2,20,21,22). The molecule has 0 saturated carbocycles. The van der Waals surface area contributed by atoms with Gasteiger partial charge >= 0.3 is 0 Å². The number of halogens is 2. The highest BCUT2D eigenvalue weighted by Crippen LogP contribution is 2.22. The fourth-order valence-corrected chi connectivity index (χ4v) is 2.57. The normalized spacial score (nSPS) is 10.3. The van der Waals surface area contributed by atoms with Crippen LogP contribution in [0, 0.1) is 0 Å². The van der Waals surface area contributed by atoms with Crippen molar-refractivity contribution in [3.8, 4) is 0 Å². The summed E-state index contributed by atoms with van der Waals surface area (Å²) in [7, 11) is 0. The van der Waals surface area contributed by atoms with Crippen LogP contribution in [-0.2, 0) is 12.8 Å². The van der Waals surface area contributed by atoms with Crippen LogP contribution < -0.4 is 10.6 Å². The Morgan fingerprint density at radius 1 is 0.818 bits per heavy atom. The summed E-state index contributed by atoms with van der Waals surface area (Å²) in [6.07, 6.45) is 1.80. The van der Waals surface area contributed by atoms with Crippen LogP contribution in [0.5, 0.6) is 0 Å². The van der Waals surface area contributed by atoms with Crippen molar-refractivity contribution in [2.45, 2.75) is 12.8 Å². The number of nitrogens with one attached hydrogen (secondary N) is 2. The quantitative estimate of drug-likeness (QED) is 0.760. The first-order chi connectivity index (χ1) is 10.6. The van der Waals surface area contributed by atoms with Crippen LogP contribution in [0.1, 0.15) is 11.1 Å². The maximum absolute atomic E-state index is 5.99. The van der Waals surface area contributed by atoms with Crippen molar-refractivity contribution in [3.63, 3.8) is 0 Å². The first kappa shape index (κ1) is 17.1. The summed E-state index contributed by atoms with van der Waals surface area (Å²) in [5.41, 5.74) is 2.43. The zero-order valence-corrected chi connectivity index (χ0v) is 14.4. The molecule has 22 heavy (non-hydrogen) atoms. The lowest BCUT2D eigenvalue weighted by Gasteiger charge is -2.11. The van der Waals surface area contributed by atoms with Gasteiger partial charge in [0.1, 0.15) is 0 Å². The van der Waals surface area contributed by atoms with Gasteiger partial charge in [-0.05, 0) is 48.3 Å². The van der Waals surface area contributed by atoms with Crippen molar-refractivity contribution in [2.75, 3.05) is 13.1 Å². The second-order valence-electron chi connectivity index (χ2n) is 4.92. The minimum absolute atomic E-state index is 0.580.